The number of carbonyl (C=O) groups excluding carboxylic acids is 4. The Labute approximate surface area is 581 Å². The summed E-state index contributed by atoms with van der Waals surface area (Å²) in [5, 5.41) is 10.6. The fourth-order valence-corrected chi connectivity index (χ4v) is 13.3. The van der Waals surface area contributed by atoms with Crippen molar-refractivity contribution in [3.63, 3.8) is 0 Å². The topological polar surface area (TPSA) is 237 Å². The maximum atomic E-state index is 13.1. The van der Waals surface area contributed by atoms with Crippen LogP contribution in [0.15, 0.2) is 0 Å². The predicted octanol–water partition coefficient (Wildman–Crippen LogP) is 22.5. The Kier molecular flexibility index (Phi) is 67.7. The Hall–Kier alpha value is -1.94. The number of phosphoric ester groups is 2. The molecule has 17 nitrogen and oxygen atoms in total. The van der Waals surface area contributed by atoms with Crippen molar-refractivity contribution in [2.24, 2.45) is 5.92 Å². The van der Waals surface area contributed by atoms with E-state index in [0.717, 1.165) is 95.8 Å². The second-order valence-electron chi connectivity index (χ2n) is 27.9. The standard InChI is InChI=1S/C76H148O17P2/c1-6-9-12-15-18-21-24-25-26-27-28-29-30-31-32-33-36-42-47-52-57-62-76(81)93-72(66-87-74(79)60-55-50-45-41-37-34-35-38-43-48-53-58-69(4)5)68-91-95(84,85)89-64-70(77)63-88-94(82,83)90-67-71(92-75(80)61-56-51-46-40-23-20-17-14-11-8-3)65-86-73(78)59-54-49-44-39-22-19-16-13-10-7-2/h69-72,77H,6-68H2,1-5H3,(H,82,83)(H,84,85)/t70-,71+,72+/m0/s1. The van der Waals surface area contributed by atoms with Gasteiger partial charge in [-0.3, -0.25) is 37.3 Å². The highest BCUT2D eigenvalue weighted by atomic mass is 31.2. The molecule has 0 bridgehead atoms. The zero-order valence-electron chi connectivity index (χ0n) is 61.8. The van der Waals surface area contributed by atoms with Crippen molar-refractivity contribution in [2.45, 2.75) is 419 Å². The number of hydrogen-bond donors (Lipinski definition) is 3. The number of unbranched alkanes of at least 4 members (excludes halogenated alkanes) is 48. The molecule has 0 saturated carbocycles. The average molecular weight is 1400 g/mol. The molecule has 5 atom stereocenters. The molecule has 564 valence electrons. The van der Waals surface area contributed by atoms with Gasteiger partial charge in [0.2, 0.25) is 0 Å². The fourth-order valence-electron chi connectivity index (χ4n) is 11.7. The van der Waals surface area contributed by atoms with Gasteiger partial charge < -0.3 is 33.8 Å². The van der Waals surface area contributed by atoms with Crippen molar-refractivity contribution in [1.82, 2.24) is 0 Å². The Bertz CT molecular complexity index is 1820. The van der Waals surface area contributed by atoms with Crippen LogP contribution in [0.3, 0.4) is 0 Å². The lowest BCUT2D eigenvalue weighted by Gasteiger charge is -2.21. The number of aliphatic hydroxyl groups is 1. The molecule has 0 spiro atoms. The molecule has 0 fully saturated rings. The first-order chi connectivity index (χ1) is 46.0. The lowest BCUT2D eigenvalue weighted by molar-refractivity contribution is -0.161. The van der Waals surface area contributed by atoms with E-state index in [2.05, 4.69) is 34.6 Å². The number of aliphatic hydroxyl groups excluding tert-OH is 1. The number of phosphoric acid groups is 2. The summed E-state index contributed by atoms with van der Waals surface area (Å²) in [6.07, 6.45) is 58.3. The molecule has 0 radical (unpaired) electrons. The summed E-state index contributed by atoms with van der Waals surface area (Å²) in [6.45, 7) is 7.27. The molecule has 19 heteroatoms. The van der Waals surface area contributed by atoms with Crippen molar-refractivity contribution < 1.29 is 80.2 Å². The summed E-state index contributed by atoms with van der Waals surface area (Å²) in [7, 11) is -9.90. The van der Waals surface area contributed by atoms with E-state index < -0.39 is 97.5 Å². The fraction of sp³-hybridized carbons (Fsp3) is 0.947. The van der Waals surface area contributed by atoms with Crippen LogP contribution in [-0.4, -0.2) is 96.7 Å². The number of esters is 4. The van der Waals surface area contributed by atoms with Gasteiger partial charge in [-0.2, -0.15) is 0 Å². The van der Waals surface area contributed by atoms with Crippen LogP contribution in [0.5, 0.6) is 0 Å². The SMILES string of the molecule is CCCCCCCCCCCCCCCCCCCCCCCC(=O)O[C@H](COC(=O)CCCCCCCCCCCCCC(C)C)COP(=O)(O)OC[C@@H](O)COP(=O)(O)OC[C@@H](COC(=O)CCCCCCCCCCCC)OC(=O)CCCCCCCCCCCC. The molecule has 2 unspecified atom stereocenters. The number of ether oxygens (including phenoxy) is 4. The van der Waals surface area contributed by atoms with Gasteiger partial charge in [-0.1, -0.05) is 349 Å². The summed E-state index contributed by atoms with van der Waals surface area (Å²) >= 11 is 0. The van der Waals surface area contributed by atoms with Crippen LogP contribution in [0.4, 0.5) is 0 Å². The Balaban J connectivity index is 5.18. The molecule has 3 N–H and O–H groups in total. The van der Waals surface area contributed by atoms with Crippen molar-refractivity contribution in [3.05, 3.63) is 0 Å². The summed E-state index contributed by atoms with van der Waals surface area (Å²) in [4.78, 5) is 72.7. The maximum absolute atomic E-state index is 13.1. The Morgan fingerprint density at radius 1 is 0.284 bits per heavy atom. The average Bonchev–Trinajstić information content (AvgIpc) is 1.51. The first-order valence-electron chi connectivity index (χ1n) is 39.6. The molecule has 0 aliphatic rings. The molecule has 0 heterocycles. The lowest BCUT2D eigenvalue weighted by Crippen LogP contribution is -2.30. The quantitative estimate of drug-likeness (QED) is 0.0222. The number of hydrogen-bond acceptors (Lipinski definition) is 15. The first-order valence-corrected chi connectivity index (χ1v) is 42.6. The van der Waals surface area contributed by atoms with E-state index in [1.54, 1.807) is 0 Å². The van der Waals surface area contributed by atoms with Crippen LogP contribution in [0, 0.1) is 5.92 Å². The highest BCUT2D eigenvalue weighted by Crippen LogP contribution is 2.45. The molecule has 95 heavy (non-hydrogen) atoms. The predicted molar refractivity (Wildman–Crippen MR) is 386 cm³/mol. The summed E-state index contributed by atoms with van der Waals surface area (Å²) in [5.74, 6) is -1.34. The normalized spacial score (nSPS) is 13.9. The van der Waals surface area contributed by atoms with E-state index in [1.165, 1.54) is 225 Å². The third-order valence-corrected chi connectivity index (χ3v) is 19.7. The summed E-state index contributed by atoms with van der Waals surface area (Å²) in [6, 6.07) is 0. The van der Waals surface area contributed by atoms with E-state index in [1.807, 2.05) is 0 Å². The minimum atomic E-state index is -4.96. The molecular formula is C76H148O17P2. The number of carbonyl (C=O) groups is 4. The van der Waals surface area contributed by atoms with Crippen LogP contribution in [0.1, 0.15) is 401 Å². The number of rotatable bonds is 76. The van der Waals surface area contributed by atoms with Crippen molar-refractivity contribution in [2.75, 3.05) is 39.6 Å². The van der Waals surface area contributed by atoms with Gasteiger partial charge >= 0.3 is 39.5 Å². The zero-order chi connectivity index (χ0) is 69.8. The van der Waals surface area contributed by atoms with Crippen LogP contribution >= 0.6 is 15.6 Å². The van der Waals surface area contributed by atoms with Gasteiger partial charge in [0.1, 0.15) is 19.3 Å². The first kappa shape index (κ1) is 93.1. The minimum absolute atomic E-state index is 0.107. The van der Waals surface area contributed by atoms with E-state index in [0.29, 0.717) is 25.7 Å². The molecule has 0 aromatic rings. The molecular weight excluding hydrogens is 1250 g/mol. The van der Waals surface area contributed by atoms with Gasteiger partial charge in [0.05, 0.1) is 26.4 Å². The third kappa shape index (κ3) is 70.3. The molecule has 0 aromatic carbocycles. The van der Waals surface area contributed by atoms with Crippen LogP contribution < -0.4 is 0 Å². The Morgan fingerprint density at radius 2 is 0.484 bits per heavy atom. The summed E-state index contributed by atoms with van der Waals surface area (Å²) in [5.41, 5.74) is 0. The summed E-state index contributed by atoms with van der Waals surface area (Å²) < 4.78 is 68.4. The van der Waals surface area contributed by atoms with Gasteiger partial charge in [0.25, 0.3) is 0 Å². The second kappa shape index (κ2) is 69.2. The van der Waals surface area contributed by atoms with Crippen LogP contribution in [-0.2, 0) is 65.4 Å². The molecule has 0 aliphatic carbocycles. The Morgan fingerprint density at radius 3 is 0.716 bits per heavy atom. The lowest BCUT2D eigenvalue weighted by atomic mass is 10.0. The van der Waals surface area contributed by atoms with Gasteiger partial charge in [-0.25, -0.2) is 9.13 Å². The second-order valence-corrected chi connectivity index (χ2v) is 30.8. The third-order valence-electron chi connectivity index (χ3n) is 17.8. The molecule has 0 aromatic heterocycles. The molecule has 0 saturated heterocycles. The molecule has 0 rings (SSSR count). The highest BCUT2D eigenvalue weighted by molar-refractivity contribution is 7.47. The monoisotopic (exact) mass is 1400 g/mol. The smallest absolute Gasteiger partial charge is 0.462 e. The molecule has 0 amide bonds. The van der Waals surface area contributed by atoms with E-state index in [4.69, 9.17) is 37.0 Å². The van der Waals surface area contributed by atoms with Crippen LogP contribution in [0.2, 0.25) is 0 Å². The van der Waals surface area contributed by atoms with Crippen LogP contribution in [0.25, 0.3) is 0 Å². The largest absolute Gasteiger partial charge is 0.472 e. The zero-order valence-corrected chi connectivity index (χ0v) is 63.6. The van der Waals surface area contributed by atoms with Crippen molar-refractivity contribution in [3.8, 4) is 0 Å². The van der Waals surface area contributed by atoms with Gasteiger partial charge in [-0.05, 0) is 31.6 Å². The highest BCUT2D eigenvalue weighted by Gasteiger charge is 2.30. The van der Waals surface area contributed by atoms with Crippen molar-refractivity contribution >= 4 is 39.5 Å². The molecule has 0 aliphatic heterocycles. The maximum Gasteiger partial charge on any atom is 0.472 e. The van der Waals surface area contributed by atoms with Crippen molar-refractivity contribution in [1.29, 1.82) is 0 Å². The van der Waals surface area contributed by atoms with Gasteiger partial charge in [0.15, 0.2) is 12.2 Å². The minimum Gasteiger partial charge on any atom is -0.462 e. The van der Waals surface area contributed by atoms with E-state index in [9.17, 15) is 43.2 Å². The van der Waals surface area contributed by atoms with E-state index in [-0.39, 0.29) is 25.7 Å². The van der Waals surface area contributed by atoms with Gasteiger partial charge in [0, 0.05) is 25.7 Å². The van der Waals surface area contributed by atoms with E-state index >= 15 is 0 Å². The van der Waals surface area contributed by atoms with Gasteiger partial charge in [-0.15, -0.1) is 0 Å².